The third-order valence-electron chi connectivity index (χ3n) is 7.37. The van der Waals surface area contributed by atoms with E-state index >= 15 is 0 Å². The number of carbonyl (C=O) groups excluding carboxylic acids is 1. The van der Waals surface area contributed by atoms with Crippen molar-refractivity contribution in [2.75, 3.05) is 45.3 Å². The number of aryl methyl sites for hydroxylation is 1. The smallest absolute Gasteiger partial charge is 0.255 e. The molecule has 1 saturated heterocycles. The fourth-order valence-corrected chi connectivity index (χ4v) is 5.29. The van der Waals surface area contributed by atoms with Gasteiger partial charge in [-0.2, -0.15) is 0 Å². The highest BCUT2D eigenvalue weighted by atomic mass is 16.5. The summed E-state index contributed by atoms with van der Waals surface area (Å²) < 4.78 is 11.0. The number of piperazine rings is 1. The second-order valence-electron chi connectivity index (χ2n) is 9.90. The van der Waals surface area contributed by atoms with E-state index in [4.69, 9.17) is 9.47 Å². The van der Waals surface area contributed by atoms with Crippen LogP contribution in [0.4, 0.5) is 5.69 Å². The highest BCUT2D eigenvalue weighted by Gasteiger charge is 2.35. The largest absolute Gasteiger partial charge is 0.493 e. The van der Waals surface area contributed by atoms with Crippen LogP contribution in [0.1, 0.15) is 73.1 Å². The fraction of sp³-hybridized carbons (Fsp3) is 0.441. The monoisotopic (exact) mass is 545 g/mol. The quantitative estimate of drug-likeness (QED) is 0.330. The van der Waals surface area contributed by atoms with Crippen molar-refractivity contribution in [2.45, 2.75) is 59.5 Å². The summed E-state index contributed by atoms with van der Waals surface area (Å²) in [5.74, 6) is 1.53. The number of hydrogen-bond donors (Lipinski definition) is 1. The van der Waals surface area contributed by atoms with E-state index in [0.29, 0.717) is 18.0 Å². The normalized spacial score (nSPS) is 14.8. The summed E-state index contributed by atoms with van der Waals surface area (Å²) in [6, 6.07) is 22.5. The molecule has 3 aromatic carbocycles. The lowest BCUT2D eigenvalue weighted by atomic mass is 9.99. The van der Waals surface area contributed by atoms with Crippen LogP contribution >= 0.6 is 0 Å². The van der Waals surface area contributed by atoms with Gasteiger partial charge in [-0.25, -0.2) is 0 Å². The molecular weight excluding hydrogens is 498 g/mol. The minimum absolute atomic E-state index is 0.00975. The zero-order valence-corrected chi connectivity index (χ0v) is 25.2. The average Bonchev–Trinajstić information content (AvgIpc) is 3.35. The Bertz CT molecular complexity index is 1190. The molecule has 40 heavy (non-hydrogen) atoms. The first-order valence-corrected chi connectivity index (χ1v) is 14.7. The zero-order chi connectivity index (χ0) is 28.9. The number of nitrogens with one attached hydrogen (secondary N) is 1. The number of anilines is 1. The van der Waals surface area contributed by atoms with Crippen LogP contribution in [0.2, 0.25) is 0 Å². The maximum absolute atomic E-state index is 13.5. The predicted octanol–water partition coefficient (Wildman–Crippen LogP) is 7.02. The number of methoxy groups -OCH3 is 2. The Morgan fingerprint density at radius 1 is 0.900 bits per heavy atom. The number of amides is 1. The predicted molar refractivity (Wildman–Crippen MR) is 166 cm³/mol. The van der Waals surface area contributed by atoms with Crippen LogP contribution in [0.3, 0.4) is 0 Å². The van der Waals surface area contributed by atoms with Crippen molar-refractivity contribution in [3.63, 3.8) is 0 Å². The Kier molecular flexibility index (Phi) is 12.4. The van der Waals surface area contributed by atoms with Crippen molar-refractivity contribution < 1.29 is 14.3 Å². The minimum atomic E-state index is 0.00975. The van der Waals surface area contributed by atoms with Crippen LogP contribution in [-0.4, -0.2) is 51.2 Å². The Morgan fingerprint density at radius 3 is 2.20 bits per heavy atom. The lowest BCUT2D eigenvalue weighted by Crippen LogP contribution is -2.43. The summed E-state index contributed by atoms with van der Waals surface area (Å²) in [5.41, 5.74) is 5.63. The third kappa shape index (κ3) is 7.57. The first-order valence-electron chi connectivity index (χ1n) is 14.7. The molecule has 3 aromatic rings. The van der Waals surface area contributed by atoms with Gasteiger partial charge in [0.15, 0.2) is 11.5 Å². The minimum Gasteiger partial charge on any atom is -0.493 e. The van der Waals surface area contributed by atoms with Crippen LogP contribution in [-0.2, 0) is 6.54 Å². The number of ether oxygens (including phenoxy) is 2. The van der Waals surface area contributed by atoms with E-state index in [2.05, 4.69) is 48.3 Å². The molecule has 1 amide bonds. The molecule has 216 valence electrons. The Balaban J connectivity index is 0.000000422. The number of carbonyl (C=O) groups is 1. The molecule has 2 heterocycles. The lowest BCUT2D eigenvalue weighted by Gasteiger charge is -2.31. The van der Waals surface area contributed by atoms with E-state index in [1.807, 2.05) is 61.2 Å². The van der Waals surface area contributed by atoms with Gasteiger partial charge in [0.2, 0.25) is 0 Å². The van der Waals surface area contributed by atoms with E-state index < -0.39 is 0 Å². The first-order chi connectivity index (χ1) is 19.6. The van der Waals surface area contributed by atoms with E-state index in [9.17, 15) is 4.79 Å². The molecule has 0 radical (unpaired) electrons. The van der Waals surface area contributed by atoms with Crippen molar-refractivity contribution in [3.05, 3.63) is 89.0 Å². The average molecular weight is 546 g/mol. The number of fused-ring (bicyclic) bond motifs is 1. The summed E-state index contributed by atoms with van der Waals surface area (Å²) in [6.07, 6.45) is 3.07. The van der Waals surface area contributed by atoms with Gasteiger partial charge < -0.3 is 24.6 Å². The van der Waals surface area contributed by atoms with E-state index in [0.717, 1.165) is 62.1 Å². The summed E-state index contributed by atoms with van der Waals surface area (Å²) in [7, 11) is 3.30. The molecule has 6 nitrogen and oxygen atoms in total. The van der Waals surface area contributed by atoms with Crippen molar-refractivity contribution in [1.29, 1.82) is 0 Å². The highest BCUT2D eigenvalue weighted by molar-refractivity contribution is 6.00. The lowest BCUT2D eigenvalue weighted by molar-refractivity contribution is 0.0689. The summed E-state index contributed by atoms with van der Waals surface area (Å²) in [5, 5.41) is 3.41. The number of unbranched alkanes of at least 4 members (excludes halogenated alkanes) is 1. The maximum atomic E-state index is 13.5. The van der Waals surface area contributed by atoms with Crippen molar-refractivity contribution in [2.24, 2.45) is 0 Å². The summed E-state index contributed by atoms with van der Waals surface area (Å²) in [4.78, 5) is 18.0. The van der Waals surface area contributed by atoms with Gasteiger partial charge >= 0.3 is 0 Å². The van der Waals surface area contributed by atoms with Gasteiger partial charge in [-0.05, 0) is 43.2 Å². The number of hydrogen-bond acceptors (Lipinski definition) is 5. The molecule has 1 fully saturated rings. The molecule has 0 unspecified atom stereocenters. The molecule has 2 aliphatic rings. The van der Waals surface area contributed by atoms with Crippen LogP contribution in [0.5, 0.6) is 11.5 Å². The SMILES string of the molecule is CC.CCCC[C@H](c1ccc(OC)c(OC)c1)N1Cc2c(cccc2N2CCNCC2)C1=O.Cc1ccccc1. The molecule has 0 aliphatic carbocycles. The third-order valence-corrected chi connectivity index (χ3v) is 7.37. The van der Waals surface area contributed by atoms with Gasteiger partial charge in [0, 0.05) is 49.5 Å². The molecular formula is C34H47N3O3. The second-order valence-corrected chi connectivity index (χ2v) is 9.90. The maximum Gasteiger partial charge on any atom is 0.255 e. The molecule has 0 spiro atoms. The highest BCUT2D eigenvalue weighted by Crippen LogP contribution is 2.40. The molecule has 0 saturated carbocycles. The standard InChI is InChI=1S/C25H33N3O3.C7H8.C2H6/c1-4-5-8-21(18-10-11-23(30-2)24(16-18)31-3)28-17-20-19(25(28)29)7-6-9-22(20)27-14-12-26-13-15-27;1-7-5-3-2-4-6-7;1-2/h6-7,9-11,16,21,26H,4-5,8,12-15,17H2,1-3H3;2-6H,1H3;1-2H3/t21-;;/m1../s1. The number of rotatable bonds is 8. The van der Waals surface area contributed by atoms with Crippen LogP contribution < -0.4 is 19.7 Å². The molecule has 5 rings (SSSR count). The summed E-state index contributed by atoms with van der Waals surface area (Å²) >= 11 is 0. The van der Waals surface area contributed by atoms with E-state index in [1.54, 1.807) is 14.2 Å². The van der Waals surface area contributed by atoms with Crippen molar-refractivity contribution in [3.8, 4) is 11.5 Å². The molecule has 2 aliphatic heterocycles. The Hall–Kier alpha value is -3.51. The van der Waals surface area contributed by atoms with Gasteiger partial charge in [0.1, 0.15) is 0 Å². The Morgan fingerprint density at radius 2 is 1.60 bits per heavy atom. The van der Waals surface area contributed by atoms with Crippen LogP contribution in [0, 0.1) is 6.92 Å². The summed E-state index contributed by atoms with van der Waals surface area (Å²) in [6.45, 7) is 12.8. The first kappa shape index (κ1) is 31.0. The molecule has 1 atom stereocenters. The fourth-order valence-electron chi connectivity index (χ4n) is 5.29. The van der Waals surface area contributed by atoms with Gasteiger partial charge in [0.25, 0.3) is 5.91 Å². The van der Waals surface area contributed by atoms with E-state index in [1.165, 1.54) is 11.3 Å². The second kappa shape index (κ2) is 15.9. The van der Waals surface area contributed by atoms with Crippen LogP contribution in [0.15, 0.2) is 66.7 Å². The molecule has 0 bridgehead atoms. The molecule has 1 N–H and O–H groups in total. The topological polar surface area (TPSA) is 54.0 Å². The van der Waals surface area contributed by atoms with Gasteiger partial charge in [0.05, 0.1) is 20.3 Å². The van der Waals surface area contributed by atoms with Crippen LogP contribution in [0.25, 0.3) is 0 Å². The molecule has 6 heteroatoms. The number of benzene rings is 3. The van der Waals surface area contributed by atoms with Gasteiger partial charge in [-0.1, -0.05) is 81.6 Å². The van der Waals surface area contributed by atoms with Crippen molar-refractivity contribution in [1.82, 2.24) is 10.2 Å². The van der Waals surface area contributed by atoms with Gasteiger partial charge in [-0.3, -0.25) is 4.79 Å². The zero-order valence-electron chi connectivity index (χ0n) is 25.2. The van der Waals surface area contributed by atoms with Gasteiger partial charge in [-0.15, -0.1) is 0 Å². The van der Waals surface area contributed by atoms with E-state index in [-0.39, 0.29) is 11.9 Å². The number of nitrogens with zero attached hydrogens (tertiary/aromatic N) is 2. The Labute approximate surface area is 241 Å². The van der Waals surface area contributed by atoms with Crippen molar-refractivity contribution >= 4 is 11.6 Å². The molecule has 0 aromatic heterocycles.